The Kier molecular flexibility index (Phi) is 9.41. The third kappa shape index (κ3) is 7.04. The van der Waals surface area contributed by atoms with Crippen LogP contribution in [0.15, 0.2) is 53.2 Å². The molecule has 0 aliphatic heterocycles. The maximum Gasteiger partial charge on any atom is 0.268 e. The number of carbonyl (C=O) groups is 1. The number of aromatic nitrogens is 2. The summed E-state index contributed by atoms with van der Waals surface area (Å²) in [5.74, 6) is 0.327. The van der Waals surface area contributed by atoms with Gasteiger partial charge in [-0.1, -0.05) is 49.7 Å². The Bertz CT molecular complexity index is 1410. The van der Waals surface area contributed by atoms with Crippen molar-refractivity contribution in [3.63, 3.8) is 0 Å². The molecule has 0 saturated heterocycles. The molecule has 0 spiro atoms. The number of halogens is 1. The molecule has 1 amide bonds. The Morgan fingerprint density at radius 3 is 2.56 bits per heavy atom. The van der Waals surface area contributed by atoms with Crippen LogP contribution in [0.3, 0.4) is 0 Å². The van der Waals surface area contributed by atoms with Gasteiger partial charge in [-0.3, -0.25) is 10.1 Å². The van der Waals surface area contributed by atoms with Gasteiger partial charge in [0.15, 0.2) is 0 Å². The fourth-order valence-electron chi connectivity index (χ4n) is 2.96. The number of hydrogen-bond donors (Lipinski definition) is 1. The first-order chi connectivity index (χ1) is 17.3. The highest BCUT2D eigenvalue weighted by atomic mass is 35.5. The van der Waals surface area contributed by atoms with Gasteiger partial charge in [0.2, 0.25) is 15.0 Å². The van der Waals surface area contributed by atoms with Gasteiger partial charge in [0.25, 0.3) is 11.1 Å². The van der Waals surface area contributed by atoms with Crippen LogP contribution in [0.2, 0.25) is 5.02 Å². The molecule has 0 unspecified atom stereocenters. The second-order valence-corrected chi connectivity index (χ2v) is 10.6. The van der Waals surface area contributed by atoms with Gasteiger partial charge in [-0.05, 0) is 41.8 Å². The average Bonchev–Trinajstić information content (AvgIpc) is 3.35. The van der Waals surface area contributed by atoms with Crippen LogP contribution in [-0.2, 0) is 21.1 Å². The van der Waals surface area contributed by atoms with Crippen LogP contribution in [0.5, 0.6) is 11.5 Å². The first-order valence-corrected chi connectivity index (χ1v) is 13.7. The zero-order valence-electron chi connectivity index (χ0n) is 19.5. The monoisotopic (exact) mass is 546 g/mol. The standard InChI is InChI=1S/C24H23ClN4O5S2/c1-3-17-7-5-6-8-20(17)33-11-12-34-21-10-9-16(14-19(21)25)13-18(15-26)22(30)27-23-28-24(29-35-23)36(31,32)4-2/h5-10,13-14H,3-4,11-12H2,1-2H3,(H,27,28,29,30)/b18-13-. The summed E-state index contributed by atoms with van der Waals surface area (Å²) in [4.78, 5) is 16.3. The number of nitrogens with one attached hydrogen (secondary N) is 1. The Balaban J connectivity index is 1.61. The number of sulfone groups is 1. The fraction of sp³-hybridized carbons (Fsp3) is 0.250. The summed E-state index contributed by atoms with van der Waals surface area (Å²) in [6.07, 6.45) is 2.21. The van der Waals surface area contributed by atoms with Crippen LogP contribution in [0.25, 0.3) is 6.08 Å². The van der Waals surface area contributed by atoms with Crippen molar-refractivity contribution in [1.29, 1.82) is 5.26 Å². The Labute approximate surface area is 218 Å². The lowest BCUT2D eigenvalue weighted by Crippen LogP contribution is -2.13. The molecule has 0 saturated carbocycles. The van der Waals surface area contributed by atoms with E-state index in [0.29, 0.717) is 34.5 Å². The van der Waals surface area contributed by atoms with Gasteiger partial charge in [-0.2, -0.15) is 14.6 Å². The predicted molar refractivity (Wildman–Crippen MR) is 138 cm³/mol. The van der Waals surface area contributed by atoms with Crippen molar-refractivity contribution in [3.8, 4) is 17.6 Å². The Morgan fingerprint density at radius 1 is 1.17 bits per heavy atom. The number of para-hydroxylation sites is 1. The van der Waals surface area contributed by atoms with E-state index in [4.69, 9.17) is 21.1 Å². The van der Waals surface area contributed by atoms with E-state index in [2.05, 4.69) is 21.6 Å². The van der Waals surface area contributed by atoms with Crippen LogP contribution >= 0.6 is 23.1 Å². The molecule has 0 radical (unpaired) electrons. The number of rotatable bonds is 11. The summed E-state index contributed by atoms with van der Waals surface area (Å²) in [6, 6.07) is 14.5. The molecule has 12 heteroatoms. The zero-order valence-corrected chi connectivity index (χ0v) is 21.9. The molecule has 188 valence electrons. The number of ether oxygens (including phenoxy) is 2. The highest BCUT2D eigenvalue weighted by Gasteiger charge is 2.20. The van der Waals surface area contributed by atoms with Crippen molar-refractivity contribution in [2.24, 2.45) is 0 Å². The largest absolute Gasteiger partial charge is 0.490 e. The van der Waals surface area contributed by atoms with E-state index in [1.165, 1.54) is 13.0 Å². The second-order valence-electron chi connectivity index (χ2n) is 7.26. The van der Waals surface area contributed by atoms with Crippen LogP contribution in [0, 0.1) is 11.3 Å². The van der Waals surface area contributed by atoms with Crippen LogP contribution in [-0.4, -0.2) is 42.6 Å². The molecule has 2 aromatic carbocycles. The molecule has 1 heterocycles. The number of amides is 1. The topological polar surface area (TPSA) is 131 Å². The molecule has 0 bridgehead atoms. The molecule has 1 N–H and O–H groups in total. The van der Waals surface area contributed by atoms with E-state index >= 15 is 0 Å². The van der Waals surface area contributed by atoms with E-state index in [1.807, 2.05) is 30.3 Å². The van der Waals surface area contributed by atoms with Gasteiger partial charge in [-0.25, -0.2) is 8.42 Å². The third-order valence-electron chi connectivity index (χ3n) is 4.87. The number of hydrogen-bond acceptors (Lipinski definition) is 9. The molecule has 3 rings (SSSR count). The molecule has 0 aliphatic rings. The lowest BCUT2D eigenvalue weighted by Gasteiger charge is -2.12. The van der Waals surface area contributed by atoms with Crippen molar-refractivity contribution in [2.45, 2.75) is 25.4 Å². The molecule has 0 aliphatic carbocycles. The van der Waals surface area contributed by atoms with Crippen molar-refractivity contribution >= 4 is 50.1 Å². The van der Waals surface area contributed by atoms with Gasteiger partial charge < -0.3 is 9.47 Å². The third-order valence-corrected chi connectivity index (χ3v) is 7.41. The molecule has 1 aromatic heterocycles. The molecule has 0 atom stereocenters. The number of aryl methyl sites for hydroxylation is 1. The minimum absolute atomic E-state index is 0.0289. The van der Waals surface area contributed by atoms with Crippen molar-refractivity contribution in [2.75, 3.05) is 24.3 Å². The average molecular weight is 547 g/mol. The Hall–Kier alpha value is -3.46. The SMILES string of the molecule is CCc1ccccc1OCCOc1ccc(/C=C(/C#N)C(=O)Nc2nc(S(=O)(=O)CC)ns2)cc1Cl. The molecule has 3 aromatic rings. The highest BCUT2D eigenvalue weighted by molar-refractivity contribution is 7.91. The lowest BCUT2D eigenvalue weighted by atomic mass is 10.1. The molecule has 0 fully saturated rings. The highest BCUT2D eigenvalue weighted by Crippen LogP contribution is 2.27. The summed E-state index contributed by atoms with van der Waals surface area (Å²) in [7, 11) is -3.60. The number of benzene rings is 2. The number of nitrogens with zero attached hydrogens (tertiary/aromatic N) is 3. The summed E-state index contributed by atoms with van der Waals surface area (Å²) < 4.78 is 38.9. The first kappa shape index (κ1) is 27.1. The maximum absolute atomic E-state index is 12.5. The Morgan fingerprint density at radius 2 is 1.89 bits per heavy atom. The molecule has 36 heavy (non-hydrogen) atoms. The number of carbonyl (C=O) groups excluding carboxylic acids is 1. The van der Waals surface area contributed by atoms with E-state index in [9.17, 15) is 18.5 Å². The second kappa shape index (κ2) is 12.5. The van der Waals surface area contributed by atoms with Gasteiger partial charge >= 0.3 is 0 Å². The summed E-state index contributed by atoms with van der Waals surface area (Å²) in [5, 5.41) is 11.7. The zero-order chi connectivity index (χ0) is 26.1. The predicted octanol–water partition coefficient (Wildman–Crippen LogP) is 4.55. The van der Waals surface area contributed by atoms with Crippen molar-refractivity contribution in [1.82, 2.24) is 9.36 Å². The normalized spacial score (nSPS) is 11.6. The quantitative estimate of drug-likeness (QED) is 0.210. The molecule has 9 nitrogen and oxygen atoms in total. The van der Waals surface area contributed by atoms with E-state index < -0.39 is 15.7 Å². The minimum Gasteiger partial charge on any atom is -0.490 e. The van der Waals surface area contributed by atoms with Crippen molar-refractivity contribution in [3.05, 3.63) is 64.2 Å². The smallest absolute Gasteiger partial charge is 0.268 e. The van der Waals surface area contributed by atoms with Crippen LogP contribution < -0.4 is 14.8 Å². The molecular formula is C24H23ClN4O5S2. The fourth-order valence-corrected chi connectivity index (χ4v) is 4.79. The van der Waals surface area contributed by atoms with Gasteiger partial charge in [0.1, 0.15) is 36.4 Å². The lowest BCUT2D eigenvalue weighted by molar-refractivity contribution is -0.112. The van der Waals surface area contributed by atoms with E-state index in [-0.39, 0.29) is 28.2 Å². The minimum atomic E-state index is -3.60. The van der Waals surface area contributed by atoms with Crippen molar-refractivity contribution < 1.29 is 22.7 Å². The summed E-state index contributed by atoms with van der Waals surface area (Å²) in [5.41, 5.74) is 1.39. The van der Waals surface area contributed by atoms with Gasteiger partial charge in [0, 0.05) is 11.5 Å². The molecular weight excluding hydrogens is 524 g/mol. The first-order valence-electron chi connectivity index (χ1n) is 10.9. The summed E-state index contributed by atoms with van der Waals surface area (Å²) >= 11 is 7.03. The number of nitriles is 1. The maximum atomic E-state index is 12.5. The van der Waals surface area contributed by atoms with E-state index in [0.717, 1.165) is 17.7 Å². The summed E-state index contributed by atoms with van der Waals surface area (Å²) in [6.45, 7) is 4.13. The van der Waals surface area contributed by atoms with Crippen LogP contribution in [0.4, 0.5) is 5.13 Å². The van der Waals surface area contributed by atoms with Gasteiger partial charge in [0.05, 0.1) is 10.8 Å². The van der Waals surface area contributed by atoms with Gasteiger partial charge in [-0.15, -0.1) is 0 Å². The number of anilines is 1. The van der Waals surface area contributed by atoms with Crippen LogP contribution in [0.1, 0.15) is 25.0 Å². The van der Waals surface area contributed by atoms with E-state index in [1.54, 1.807) is 18.2 Å².